The second-order valence-corrected chi connectivity index (χ2v) is 8.15. The maximum absolute atomic E-state index is 12.8. The number of rotatable bonds is 10. The van der Waals surface area contributed by atoms with E-state index >= 15 is 0 Å². The first kappa shape index (κ1) is 20.9. The molecule has 2 rings (SSSR count). The van der Waals surface area contributed by atoms with Crippen molar-refractivity contribution in [1.29, 1.82) is 0 Å². The molecule has 0 spiro atoms. The molecule has 2 unspecified atom stereocenters. The van der Waals surface area contributed by atoms with Gasteiger partial charge in [0.1, 0.15) is 17.1 Å². The molecule has 1 saturated heterocycles. The van der Waals surface area contributed by atoms with Crippen molar-refractivity contribution < 1.29 is 23.7 Å². The second kappa shape index (κ2) is 11.3. The number of amides is 1. The lowest BCUT2D eigenvalue weighted by atomic mass is 10.1. The molecule has 1 aliphatic rings. The Morgan fingerprint density at radius 2 is 1.96 bits per heavy atom. The molecule has 2 N–H and O–H groups in total. The molecule has 1 amide bonds. The Morgan fingerprint density at radius 3 is 2.58 bits per heavy atom. The first-order valence-corrected chi connectivity index (χ1v) is 10.6. The van der Waals surface area contributed by atoms with Gasteiger partial charge in [0, 0.05) is 17.7 Å². The highest BCUT2D eigenvalue weighted by Gasteiger charge is 2.26. The Kier molecular flexibility index (Phi) is 9.08. The zero-order chi connectivity index (χ0) is 18.8. The van der Waals surface area contributed by atoms with E-state index < -0.39 is 22.0 Å². The summed E-state index contributed by atoms with van der Waals surface area (Å²) in [7, 11) is -1.52. The normalized spacial score (nSPS) is 17.5. The average Bonchev–Trinajstić information content (AvgIpc) is 2.68. The number of carbonyl (C=O) groups is 1. The standard InChI is InChI=1S/C19H29NO5S/c1-2-3-4-5-6-18(19(21)20-22)26(23)17-9-7-15(8-10-17)25-16-11-13-24-14-12-16/h7-10,16,18,22H,2-6,11-14H2,1H3,(H,20,21). The van der Waals surface area contributed by atoms with E-state index in [0.717, 1.165) is 44.3 Å². The summed E-state index contributed by atoms with van der Waals surface area (Å²) in [6.07, 6.45) is 6.33. The number of hydrogen-bond donors (Lipinski definition) is 2. The zero-order valence-corrected chi connectivity index (χ0v) is 16.1. The van der Waals surface area contributed by atoms with Crippen LogP contribution in [-0.4, -0.2) is 39.9 Å². The van der Waals surface area contributed by atoms with Crippen LogP contribution < -0.4 is 10.2 Å². The van der Waals surface area contributed by atoms with Crippen LogP contribution in [0.3, 0.4) is 0 Å². The van der Waals surface area contributed by atoms with Crippen molar-refractivity contribution in [3.05, 3.63) is 24.3 Å². The molecule has 2 atom stereocenters. The van der Waals surface area contributed by atoms with Gasteiger partial charge in [0.05, 0.1) is 24.0 Å². The summed E-state index contributed by atoms with van der Waals surface area (Å²) >= 11 is 0. The van der Waals surface area contributed by atoms with Gasteiger partial charge in [-0.05, 0) is 30.7 Å². The van der Waals surface area contributed by atoms with Crippen molar-refractivity contribution in [3.8, 4) is 5.75 Å². The average molecular weight is 384 g/mol. The van der Waals surface area contributed by atoms with Crippen molar-refractivity contribution in [2.45, 2.75) is 68.1 Å². The minimum atomic E-state index is -1.52. The van der Waals surface area contributed by atoms with E-state index in [1.54, 1.807) is 29.7 Å². The molecule has 26 heavy (non-hydrogen) atoms. The van der Waals surface area contributed by atoms with Gasteiger partial charge in [-0.15, -0.1) is 0 Å². The van der Waals surface area contributed by atoms with Gasteiger partial charge < -0.3 is 9.47 Å². The summed E-state index contributed by atoms with van der Waals surface area (Å²) in [4.78, 5) is 12.5. The highest BCUT2D eigenvalue weighted by Crippen LogP contribution is 2.22. The molecule has 1 fully saturated rings. The van der Waals surface area contributed by atoms with Crippen LogP contribution in [0, 0.1) is 0 Å². The molecule has 6 nitrogen and oxygen atoms in total. The van der Waals surface area contributed by atoms with E-state index in [1.165, 1.54) is 0 Å². The van der Waals surface area contributed by atoms with Crippen LogP contribution in [0.25, 0.3) is 0 Å². The van der Waals surface area contributed by atoms with Gasteiger partial charge in [-0.25, -0.2) is 5.48 Å². The van der Waals surface area contributed by atoms with Gasteiger partial charge in [-0.2, -0.15) is 0 Å². The quantitative estimate of drug-likeness (QED) is 0.368. The van der Waals surface area contributed by atoms with Crippen LogP contribution in [0.15, 0.2) is 29.2 Å². The van der Waals surface area contributed by atoms with Gasteiger partial charge in [0.2, 0.25) is 0 Å². The first-order chi connectivity index (χ1) is 12.7. The first-order valence-electron chi connectivity index (χ1n) is 9.34. The molecule has 1 aromatic rings. The summed E-state index contributed by atoms with van der Waals surface area (Å²) in [5, 5.41) is 8.22. The highest BCUT2D eigenvalue weighted by atomic mass is 32.2. The van der Waals surface area contributed by atoms with Gasteiger partial charge in [0.25, 0.3) is 5.91 Å². The molecule has 1 heterocycles. The summed E-state index contributed by atoms with van der Waals surface area (Å²) in [6.45, 7) is 3.53. The number of hydroxylamine groups is 1. The monoisotopic (exact) mass is 383 g/mol. The fourth-order valence-corrected chi connectivity index (χ4v) is 4.33. The fourth-order valence-electron chi connectivity index (χ4n) is 2.97. The summed E-state index contributed by atoms with van der Waals surface area (Å²) in [5.74, 6) is 0.131. The molecule has 0 bridgehead atoms. The van der Waals surface area contributed by atoms with Gasteiger partial charge >= 0.3 is 0 Å². The summed E-state index contributed by atoms with van der Waals surface area (Å²) < 4.78 is 24.0. The number of nitrogens with one attached hydrogen (secondary N) is 1. The molecule has 146 valence electrons. The van der Waals surface area contributed by atoms with E-state index in [1.807, 2.05) is 0 Å². The number of benzene rings is 1. The number of hydrogen-bond acceptors (Lipinski definition) is 5. The second-order valence-electron chi connectivity index (χ2n) is 6.51. The third kappa shape index (κ3) is 6.37. The molecular formula is C19H29NO5S. The number of ether oxygens (including phenoxy) is 2. The Labute approximate surface area is 157 Å². The van der Waals surface area contributed by atoms with Crippen LogP contribution in [0.2, 0.25) is 0 Å². The lowest BCUT2D eigenvalue weighted by molar-refractivity contribution is -0.128. The maximum atomic E-state index is 12.8. The van der Waals surface area contributed by atoms with Gasteiger partial charge in [-0.3, -0.25) is 14.2 Å². The molecule has 0 aliphatic carbocycles. The maximum Gasteiger partial charge on any atom is 0.259 e. The van der Waals surface area contributed by atoms with Gasteiger partial charge in [0.15, 0.2) is 0 Å². The number of carbonyl (C=O) groups excluding carboxylic acids is 1. The Morgan fingerprint density at radius 1 is 1.27 bits per heavy atom. The van der Waals surface area contributed by atoms with Crippen LogP contribution >= 0.6 is 0 Å². The van der Waals surface area contributed by atoms with Crippen LogP contribution in [0.1, 0.15) is 51.9 Å². The van der Waals surface area contributed by atoms with Crippen molar-refractivity contribution in [3.63, 3.8) is 0 Å². The molecule has 1 aliphatic heterocycles. The van der Waals surface area contributed by atoms with Crippen molar-refractivity contribution in [2.24, 2.45) is 0 Å². The molecule has 0 radical (unpaired) electrons. The predicted octanol–water partition coefficient (Wildman–Crippen LogP) is 3.20. The minimum Gasteiger partial charge on any atom is -0.490 e. The van der Waals surface area contributed by atoms with Gasteiger partial charge in [-0.1, -0.05) is 32.6 Å². The largest absolute Gasteiger partial charge is 0.490 e. The van der Waals surface area contributed by atoms with E-state index in [-0.39, 0.29) is 6.10 Å². The molecule has 7 heteroatoms. The van der Waals surface area contributed by atoms with E-state index in [9.17, 15) is 9.00 Å². The van der Waals surface area contributed by atoms with Crippen LogP contribution in [0.4, 0.5) is 0 Å². The lowest BCUT2D eigenvalue weighted by Crippen LogP contribution is -2.35. The smallest absolute Gasteiger partial charge is 0.259 e. The molecular weight excluding hydrogens is 354 g/mol. The Hall–Kier alpha value is -1.44. The third-order valence-corrected chi connectivity index (χ3v) is 6.21. The van der Waals surface area contributed by atoms with Crippen LogP contribution in [0.5, 0.6) is 5.75 Å². The molecule has 1 aromatic carbocycles. The van der Waals surface area contributed by atoms with Crippen LogP contribution in [-0.2, 0) is 20.3 Å². The van der Waals surface area contributed by atoms with E-state index in [2.05, 4.69) is 6.92 Å². The fraction of sp³-hybridized carbons (Fsp3) is 0.632. The summed E-state index contributed by atoms with van der Waals surface area (Å²) in [6, 6.07) is 7.03. The zero-order valence-electron chi connectivity index (χ0n) is 15.3. The number of unbranched alkanes of at least 4 members (excludes halogenated alkanes) is 3. The third-order valence-electron chi connectivity index (χ3n) is 4.51. The van der Waals surface area contributed by atoms with Crippen molar-refractivity contribution in [1.82, 2.24) is 5.48 Å². The van der Waals surface area contributed by atoms with E-state index in [0.29, 0.717) is 24.5 Å². The molecule has 0 aromatic heterocycles. The Balaban J connectivity index is 1.96. The van der Waals surface area contributed by atoms with Crippen molar-refractivity contribution in [2.75, 3.05) is 13.2 Å². The summed E-state index contributed by atoms with van der Waals surface area (Å²) in [5.41, 5.74) is 1.65. The Bertz CT molecular complexity index is 572. The minimum absolute atomic E-state index is 0.145. The predicted molar refractivity (Wildman–Crippen MR) is 99.8 cm³/mol. The van der Waals surface area contributed by atoms with E-state index in [4.69, 9.17) is 14.7 Å². The lowest BCUT2D eigenvalue weighted by Gasteiger charge is -2.23. The highest BCUT2D eigenvalue weighted by molar-refractivity contribution is 7.86. The topological polar surface area (TPSA) is 84.9 Å². The van der Waals surface area contributed by atoms with Crippen molar-refractivity contribution >= 4 is 16.7 Å². The SMILES string of the molecule is CCCCCCC(C(=O)NO)S(=O)c1ccc(OC2CCOCC2)cc1. The molecule has 0 saturated carbocycles.